The summed E-state index contributed by atoms with van der Waals surface area (Å²) in [5, 5.41) is 8.08. The van der Waals surface area contributed by atoms with Gasteiger partial charge in [0.15, 0.2) is 5.78 Å². The van der Waals surface area contributed by atoms with Crippen molar-refractivity contribution in [1.29, 1.82) is 0 Å². The van der Waals surface area contributed by atoms with Gasteiger partial charge in [0, 0.05) is 0 Å². The van der Waals surface area contributed by atoms with Gasteiger partial charge in [0.05, 0.1) is 6.04 Å². The summed E-state index contributed by atoms with van der Waals surface area (Å²) < 4.78 is 0. The number of carbonyl (C=O) groups excluding carboxylic acids is 1. The van der Waals surface area contributed by atoms with Crippen LogP contribution in [0.2, 0.25) is 0 Å². The van der Waals surface area contributed by atoms with E-state index in [2.05, 4.69) is 0 Å². The highest BCUT2D eigenvalue weighted by Crippen LogP contribution is 1.74. The van der Waals surface area contributed by atoms with E-state index >= 15 is 0 Å². The Morgan fingerprint density at radius 3 is 2.43 bits per heavy atom. The number of aliphatic hydroxyl groups excluding tert-OH is 1. The minimum absolute atomic E-state index is 0.319. The molecule has 42 valence electrons. The number of hydrogen-bond donors (Lipinski definition) is 2. The molecule has 3 nitrogen and oxygen atoms in total. The van der Waals surface area contributed by atoms with Crippen LogP contribution >= 0.6 is 0 Å². The molecule has 0 bridgehead atoms. The van der Waals surface area contributed by atoms with Crippen LogP contribution in [-0.4, -0.2) is 23.5 Å². The number of Topliss-reactive ketones (excluding diaryl/α,β-unsaturated/α-hetero) is 1. The Labute approximate surface area is 42.1 Å². The standard InChI is InChI=1S/C4H9NO2/c1-3(5)4(7)2-6/h3,6H,2,5H2,1H3/t3-/m1/s1. The van der Waals surface area contributed by atoms with Crippen molar-refractivity contribution in [1.82, 2.24) is 0 Å². The van der Waals surface area contributed by atoms with Gasteiger partial charge in [-0.05, 0) is 6.92 Å². The molecular formula is C4H9NO2. The Kier molecular flexibility index (Phi) is 2.55. The molecule has 0 amide bonds. The van der Waals surface area contributed by atoms with E-state index in [1.165, 1.54) is 0 Å². The lowest BCUT2D eigenvalue weighted by molar-refractivity contribution is -0.122. The zero-order valence-corrected chi connectivity index (χ0v) is 4.22. The van der Waals surface area contributed by atoms with Gasteiger partial charge in [-0.2, -0.15) is 0 Å². The van der Waals surface area contributed by atoms with Crippen molar-refractivity contribution in [3.63, 3.8) is 0 Å². The molecule has 0 rings (SSSR count). The molecule has 0 unspecified atom stereocenters. The molecule has 0 aromatic rings. The molecule has 0 fully saturated rings. The van der Waals surface area contributed by atoms with Crippen LogP contribution in [-0.2, 0) is 4.79 Å². The molecule has 0 spiro atoms. The first-order valence-electron chi connectivity index (χ1n) is 2.07. The minimum Gasteiger partial charge on any atom is -0.389 e. The minimum atomic E-state index is -0.523. The summed E-state index contributed by atoms with van der Waals surface area (Å²) >= 11 is 0. The van der Waals surface area contributed by atoms with Crippen LogP contribution < -0.4 is 5.73 Å². The summed E-state index contributed by atoms with van der Waals surface area (Å²) in [6.45, 7) is 1.09. The highest BCUT2D eigenvalue weighted by Gasteiger charge is 2.02. The van der Waals surface area contributed by atoms with Crippen molar-refractivity contribution in [3.8, 4) is 0 Å². The molecule has 3 N–H and O–H groups in total. The second kappa shape index (κ2) is 2.71. The van der Waals surface area contributed by atoms with E-state index in [1.54, 1.807) is 6.92 Å². The lowest BCUT2D eigenvalue weighted by atomic mass is 10.2. The topological polar surface area (TPSA) is 63.3 Å². The SMILES string of the molecule is C[C@@H](N)C(=O)CO. The molecule has 0 aromatic carbocycles. The maximum atomic E-state index is 10.1. The molecule has 1 atom stereocenters. The Balaban J connectivity index is 3.35. The molecule has 0 aliphatic rings. The molecule has 0 radical (unpaired) electrons. The van der Waals surface area contributed by atoms with E-state index in [-0.39, 0.29) is 5.78 Å². The number of hydrogen-bond acceptors (Lipinski definition) is 3. The molecule has 0 aliphatic heterocycles. The first-order valence-corrected chi connectivity index (χ1v) is 2.07. The third kappa shape index (κ3) is 2.31. The van der Waals surface area contributed by atoms with E-state index < -0.39 is 12.6 Å². The van der Waals surface area contributed by atoms with Gasteiger partial charge >= 0.3 is 0 Å². The van der Waals surface area contributed by atoms with Crippen LogP contribution in [0, 0.1) is 0 Å². The van der Waals surface area contributed by atoms with Crippen molar-refractivity contribution in [2.45, 2.75) is 13.0 Å². The van der Waals surface area contributed by atoms with Crippen LogP contribution in [0.1, 0.15) is 6.92 Å². The monoisotopic (exact) mass is 103 g/mol. The Morgan fingerprint density at radius 2 is 2.43 bits per heavy atom. The molecule has 0 saturated carbocycles. The maximum Gasteiger partial charge on any atom is 0.174 e. The lowest BCUT2D eigenvalue weighted by Gasteiger charge is -1.96. The van der Waals surface area contributed by atoms with Gasteiger partial charge in [0.25, 0.3) is 0 Å². The zero-order chi connectivity index (χ0) is 5.86. The summed E-state index contributed by atoms with van der Waals surface area (Å²) in [5.74, 6) is -0.319. The summed E-state index contributed by atoms with van der Waals surface area (Å²) in [7, 11) is 0. The van der Waals surface area contributed by atoms with Gasteiger partial charge < -0.3 is 10.8 Å². The van der Waals surface area contributed by atoms with E-state index in [4.69, 9.17) is 10.8 Å². The average Bonchev–Trinajstić information content (AvgIpc) is 1.65. The number of ketones is 1. The number of nitrogens with two attached hydrogens (primary N) is 1. The van der Waals surface area contributed by atoms with Gasteiger partial charge in [0.1, 0.15) is 6.61 Å². The Bertz CT molecular complexity index is 70.1. The first-order chi connectivity index (χ1) is 3.18. The number of rotatable bonds is 2. The number of aliphatic hydroxyl groups is 1. The third-order valence-corrected chi connectivity index (χ3v) is 0.664. The maximum absolute atomic E-state index is 10.1. The fourth-order valence-corrected chi connectivity index (χ4v) is 0.144. The third-order valence-electron chi connectivity index (χ3n) is 0.664. The van der Waals surface area contributed by atoms with Gasteiger partial charge in [-0.15, -0.1) is 0 Å². The normalized spacial score (nSPS) is 13.6. The van der Waals surface area contributed by atoms with E-state index in [9.17, 15) is 4.79 Å². The molecule has 0 saturated heterocycles. The fourth-order valence-electron chi connectivity index (χ4n) is 0.144. The smallest absolute Gasteiger partial charge is 0.174 e. The summed E-state index contributed by atoms with van der Waals surface area (Å²) in [6.07, 6.45) is 0. The molecule has 0 aromatic heterocycles. The Morgan fingerprint density at radius 1 is 2.00 bits per heavy atom. The van der Waals surface area contributed by atoms with Crippen LogP contribution in [0.15, 0.2) is 0 Å². The summed E-state index contributed by atoms with van der Waals surface area (Å²) in [6, 6.07) is -0.523. The van der Waals surface area contributed by atoms with Gasteiger partial charge in [-0.3, -0.25) is 4.79 Å². The molecule has 0 aliphatic carbocycles. The average molecular weight is 103 g/mol. The van der Waals surface area contributed by atoms with Gasteiger partial charge in [-0.25, -0.2) is 0 Å². The van der Waals surface area contributed by atoms with Crippen molar-refractivity contribution < 1.29 is 9.90 Å². The number of carbonyl (C=O) groups is 1. The highest BCUT2D eigenvalue weighted by atomic mass is 16.3. The lowest BCUT2D eigenvalue weighted by Crippen LogP contribution is -2.28. The highest BCUT2D eigenvalue weighted by molar-refractivity contribution is 5.84. The first kappa shape index (κ1) is 6.59. The van der Waals surface area contributed by atoms with Gasteiger partial charge in [-0.1, -0.05) is 0 Å². The summed E-state index contributed by atoms with van der Waals surface area (Å²) in [5.41, 5.74) is 5.04. The van der Waals surface area contributed by atoms with E-state index in [0.717, 1.165) is 0 Å². The fraction of sp³-hybridized carbons (Fsp3) is 0.750. The van der Waals surface area contributed by atoms with Crippen LogP contribution in [0.5, 0.6) is 0 Å². The molecule has 7 heavy (non-hydrogen) atoms. The quantitative estimate of drug-likeness (QED) is 0.466. The second-order valence-electron chi connectivity index (χ2n) is 1.41. The zero-order valence-electron chi connectivity index (χ0n) is 4.22. The van der Waals surface area contributed by atoms with Crippen LogP contribution in [0.3, 0.4) is 0 Å². The molecule has 0 heterocycles. The predicted octanol–water partition coefficient (Wildman–Crippen LogP) is -1.10. The van der Waals surface area contributed by atoms with Crippen molar-refractivity contribution >= 4 is 5.78 Å². The second-order valence-corrected chi connectivity index (χ2v) is 1.41. The van der Waals surface area contributed by atoms with Crippen molar-refractivity contribution in [3.05, 3.63) is 0 Å². The van der Waals surface area contributed by atoms with Gasteiger partial charge in [0.2, 0.25) is 0 Å². The van der Waals surface area contributed by atoms with E-state index in [1.807, 2.05) is 0 Å². The van der Waals surface area contributed by atoms with Crippen LogP contribution in [0.4, 0.5) is 0 Å². The molecular weight excluding hydrogens is 94.0 g/mol. The predicted molar refractivity (Wildman–Crippen MR) is 25.7 cm³/mol. The largest absolute Gasteiger partial charge is 0.389 e. The Hall–Kier alpha value is -0.410. The van der Waals surface area contributed by atoms with Crippen molar-refractivity contribution in [2.75, 3.05) is 6.61 Å². The van der Waals surface area contributed by atoms with E-state index in [0.29, 0.717) is 0 Å². The summed E-state index contributed by atoms with van der Waals surface area (Å²) in [4.78, 5) is 10.1. The van der Waals surface area contributed by atoms with Crippen LogP contribution in [0.25, 0.3) is 0 Å². The molecule has 3 heteroatoms. The van der Waals surface area contributed by atoms with Crippen molar-refractivity contribution in [2.24, 2.45) is 5.73 Å².